The van der Waals surface area contributed by atoms with Crippen LogP contribution in [0.2, 0.25) is 18.1 Å². The number of thiocarbonyl (C=S) groups is 1. The zero-order valence-corrected chi connectivity index (χ0v) is 22.3. The van der Waals surface area contributed by atoms with Crippen molar-refractivity contribution in [1.82, 2.24) is 4.90 Å². The van der Waals surface area contributed by atoms with Gasteiger partial charge in [-0.25, -0.2) is 0 Å². The Kier molecular flexibility index (Phi) is 10.7. The van der Waals surface area contributed by atoms with Gasteiger partial charge < -0.3 is 9.53 Å². The van der Waals surface area contributed by atoms with Gasteiger partial charge in [0.1, 0.15) is 4.32 Å². The van der Waals surface area contributed by atoms with Crippen molar-refractivity contribution in [2.24, 2.45) is 5.92 Å². The molecule has 1 aromatic carbocycles. The minimum atomic E-state index is -1.88. The summed E-state index contributed by atoms with van der Waals surface area (Å²) in [7, 11) is -1.88. The number of thioether (sulfide) groups is 1. The normalized spacial score (nSPS) is 20.0. The standard InChI is InChI=1S/C24H39NO3S2Si/c1-6-10-16-20(22(26)18(5)28-31(7-2,8-3)9-4)23(27)25-21(17-30-24(25)29)19-14-12-11-13-15-19/h11-15,18,20-22,26H,6-10,16-17H2,1-5H3/t18-,20+,21-,22-/m0/s1. The van der Waals surface area contributed by atoms with E-state index < -0.39 is 20.3 Å². The molecule has 0 spiro atoms. The summed E-state index contributed by atoms with van der Waals surface area (Å²) in [6.07, 6.45) is 1.32. The molecule has 0 radical (unpaired) electrons. The number of hydrogen-bond donors (Lipinski definition) is 1. The van der Waals surface area contributed by atoms with Gasteiger partial charge in [-0.15, -0.1) is 0 Å². The van der Waals surface area contributed by atoms with Gasteiger partial charge in [-0.1, -0.05) is 94.8 Å². The van der Waals surface area contributed by atoms with Crippen molar-refractivity contribution in [3.05, 3.63) is 35.9 Å². The van der Waals surface area contributed by atoms with Gasteiger partial charge in [0.25, 0.3) is 0 Å². The van der Waals surface area contributed by atoms with Crippen LogP contribution in [0.4, 0.5) is 0 Å². The second-order valence-corrected chi connectivity index (χ2v) is 14.9. The SMILES string of the molecule is CCCC[C@@H](C(=O)N1C(=S)SC[C@H]1c1ccccc1)[C@@H](O)[C@H](C)O[Si](CC)(CC)CC. The quantitative estimate of drug-likeness (QED) is 0.286. The summed E-state index contributed by atoms with van der Waals surface area (Å²) in [5.74, 6) is 0.196. The van der Waals surface area contributed by atoms with Crippen molar-refractivity contribution in [3.8, 4) is 0 Å². The molecule has 1 heterocycles. The Morgan fingerprint density at radius 3 is 2.39 bits per heavy atom. The molecule has 1 amide bonds. The van der Waals surface area contributed by atoms with Crippen molar-refractivity contribution >= 4 is 42.5 Å². The van der Waals surface area contributed by atoms with Crippen molar-refractivity contribution < 1.29 is 14.3 Å². The third kappa shape index (κ3) is 6.41. The van der Waals surface area contributed by atoms with Gasteiger partial charge >= 0.3 is 0 Å². The number of hydrogen-bond acceptors (Lipinski definition) is 5. The highest BCUT2D eigenvalue weighted by Crippen LogP contribution is 2.38. The minimum Gasteiger partial charge on any atom is -0.412 e. The van der Waals surface area contributed by atoms with Crippen molar-refractivity contribution in [2.45, 2.75) is 90.3 Å². The molecule has 7 heteroatoms. The minimum absolute atomic E-state index is 0.0583. The lowest BCUT2D eigenvalue weighted by Gasteiger charge is -2.37. The summed E-state index contributed by atoms with van der Waals surface area (Å²) < 4.78 is 7.15. The third-order valence-electron chi connectivity index (χ3n) is 6.74. The van der Waals surface area contributed by atoms with Gasteiger partial charge in [0.05, 0.1) is 24.2 Å². The van der Waals surface area contributed by atoms with Gasteiger partial charge in [-0.2, -0.15) is 0 Å². The van der Waals surface area contributed by atoms with E-state index >= 15 is 0 Å². The van der Waals surface area contributed by atoms with Crippen LogP contribution in [0.3, 0.4) is 0 Å². The van der Waals surface area contributed by atoms with Crippen molar-refractivity contribution in [3.63, 3.8) is 0 Å². The number of rotatable bonds is 12. The van der Waals surface area contributed by atoms with E-state index in [0.29, 0.717) is 10.7 Å². The smallest absolute Gasteiger partial charge is 0.234 e. The number of nitrogens with zero attached hydrogens (tertiary/aromatic N) is 1. The second-order valence-electron chi connectivity index (χ2n) is 8.52. The summed E-state index contributed by atoms with van der Waals surface area (Å²) in [6, 6.07) is 13.1. The first kappa shape index (κ1) is 26.5. The van der Waals surface area contributed by atoms with Crippen LogP contribution < -0.4 is 0 Å². The molecule has 174 valence electrons. The Balaban J connectivity index is 2.27. The predicted molar refractivity (Wildman–Crippen MR) is 138 cm³/mol. The molecule has 0 bridgehead atoms. The molecule has 4 nitrogen and oxygen atoms in total. The number of aliphatic hydroxyl groups excluding tert-OH is 1. The largest absolute Gasteiger partial charge is 0.412 e. The lowest BCUT2D eigenvalue weighted by Crippen LogP contribution is -2.49. The van der Waals surface area contributed by atoms with E-state index in [4.69, 9.17) is 16.6 Å². The predicted octanol–water partition coefficient (Wildman–Crippen LogP) is 6.17. The molecule has 0 aliphatic carbocycles. The van der Waals surface area contributed by atoms with Gasteiger partial charge in [0.2, 0.25) is 5.91 Å². The maximum Gasteiger partial charge on any atom is 0.234 e. The highest BCUT2D eigenvalue weighted by molar-refractivity contribution is 8.23. The van der Waals surface area contributed by atoms with Crippen LogP contribution in [0.1, 0.15) is 65.5 Å². The van der Waals surface area contributed by atoms with E-state index in [1.807, 2.05) is 37.3 Å². The molecular weight excluding hydrogens is 442 g/mol. The first-order valence-electron chi connectivity index (χ1n) is 11.7. The number of benzene rings is 1. The average molecular weight is 482 g/mol. The summed E-state index contributed by atoms with van der Waals surface area (Å²) in [5, 5.41) is 11.3. The lowest BCUT2D eigenvalue weighted by molar-refractivity contribution is -0.139. The summed E-state index contributed by atoms with van der Waals surface area (Å²) in [4.78, 5) is 15.5. The van der Waals surface area contributed by atoms with Crippen LogP contribution in [0.25, 0.3) is 0 Å². The first-order chi connectivity index (χ1) is 14.8. The Morgan fingerprint density at radius 2 is 1.84 bits per heavy atom. The molecule has 1 saturated heterocycles. The fourth-order valence-corrected chi connectivity index (χ4v) is 8.77. The van der Waals surface area contributed by atoms with Crippen LogP contribution in [0, 0.1) is 5.92 Å². The topological polar surface area (TPSA) is 49.8 Å². The molecule has 0 saturated carbocycles. The van der Waals surface area contributed by atoms with Gasteiger partial charge in [0, 0.05) is 5.75 Å². The maximum absolute atomic E-state index is 13.8. The lowest BCUT2D eigenvalue weighted by atomic mass is 9.91. The Morgan fingerprint density at radius 1 is 1.23 bits per heavy atom. The maximum atomic E-state index is 13.8. The third-order valence-corrected chi connectivity index (χ3v) is 13.0. The number of amides is 1. The van der Waals surface area contributed by atoms with E-state index in [0.717, 1.165) is 42.3 Å². The van der Waals surface area contributed by atoms with E-state index in [9.17, 15) is 9.90 Å². The molecule has 1 aromatic rings. The van der Waals surface area contributed by atoms with Crippen molar-refractivity contribution in [2.75, 3.05) is 5.75 Å². The van der Waals surface area contributed by atoms with Crippen LogP contribution in [-0.4, -0.2) is 46.5 Å². The summed E-state index contributed by atoms with van der Waals surface area (Å²) >= 11 is 7.13. The zero-order chi connectivity index (χ0) is 23.0. The van der Waals surface area contributed by atoms with E-state index in [1.54, 1.807) is 16.7 Å². The molecule has 31 heavy (non-hydrogen) atoms. The molecule has 2 rings (SSSR count). The first-order valence-corrected chi connectivity index (χ1v) is 15.7. The Labute approximate surface area is 199 Å². The van der Waals surface area contributed by atoms with E-state index in [1.165, 1.54) is 0 Å². The molecule has 0 aromatic heterocycles. The molecule has 1 N–H and O–H groups in total. The van der Waals surface area contributed by atoms with E-state index in [-0.39, 0.29) is 18.1 Å². The highest BCUT2D eigenvalue weighted by atomic mass is 32.2. The summed E-state index contributed by atoms with van der Waals surface area (Å²) in [6.45, 7) is 10.6. The number of aliphatic hydroxyl groups is 1. The molecular formula is C24H39NO3S2Si. The fraction of sp³-hybridized carbons (Fsp3) is 0.667. The zero-order valence-electron chi connectivity index (χ0n) is 19.7. The Hall–Kier alpha value is -0.733. The molecule has 1 aliphatic rings. The van der Waals surface area contributed by atoms with Crippen LogP contribution >= 0.6 is 24.0 Å². The molecule has 1 aliphatic heterocycles. The van der Waals surface area contributed by atoms with Gasteiger partial charge in [-0.05, 0) is 37.0 Å². The average Bonchev–Trinajstić information content (AvgIpc) is 3.19. The highest BCUT2D eigenvalue weighted by Gasteiger charge is 2.43. The van der Waals surface area contributed by atoms with Gasteiger partial charge in [0.15, 0.2) is 8.32 Å². The van der Waals surface area contributed by atoms with Gasteiger partial charge in [-0.3, -0.25) is 9.69 Å². The molecule has 0 unspecified atom stereocenters. The van der Waals surface area contributed by atoms with Crippen LogP contribution in [0.5, 0.6) is 0 Å². The number of carbonyl (C=O) groups is 1. The summed E-state index contributed by atoms with van der Waals surface area (Å²) in [5.41, 5.74) is 1.09. The number of unbranched alkanes of at least 4 members (excludes halogenated alkanes) is 1. The van der Waals surface area contributed by atoms with Crippen LogP contribution in [-0.2, 0) is 9.22 Å². The monoisotopic (exact) mass is 481 g/mol. The molecule has 4 atom stereocenters. The van der Waals surface area contributed by atoms with Crippen LogP contribution in [0.15, 0.2) is 30.3 Å². The Bertz CT molecular complexity index is 706. The second kappa shape index (κ2) is 12.5. The molecule has 1 fully saturated rings. The van der Waals surface area contributed by atoms with E-state index in [2.05, 4.69) is 27.7 Å². The van der Waals surface area contributed by atoms with Crippen molar-refractivity contribution in [1.29, 1.82) is 0 Å². The number of carbonyl (C=O) groups excluding carboxylic acids is 1. The fourth-order valence-electron chi connectivity index (χ4n) is 4.42.